The summed E-state index contributed by atoms with van der Waals surface area (Å²) in [7, 11) is 2.56. The zero-order valence-corrected chi connectivity index (χ0v) is 46.0. The number of carbonyl (C=O) groups excluding carboxylic acids is 2. The molecule has 3 saturated heterocycles. The van der Waals surface area contributed by atoms with E-state index in [9.17, 15) is 41.0 Å². The van der Waals surface area contributed by atoms with E-state index in [4.69, 9.17) is 56.7 Å². The molecule has 3 fully saturated rings. The first-order valence-corrected chi connectivity index (χ1v) is 26.4. The lowest BCUT2D eigenvalue weighted by Gasteiger charge is -2.36. The Morgan fingerprint density at radius 2 is 1.20 bits per heavy atom. The van der Waals surface area contributed by atoms with Crippen LogP contribution in [0.15, 0.2) is 73.3 Å². The van der Waals surface area contributed by atoms with Crippen LogP contribution in [0.3, 0.4) is 0 Å². The number of nitrogens with zero attached hydrogens (tertiary/aromatic N) is 10. The lowest BCUT2D eigenvalue weighted by molar-refractivity contribution is -0.141. The molecule has 6 aromatic heterocycles. The number of halogens is 8. The predicted octanol–water partition coefficient (Wildman–Crippen LogP) is 8.96. The third-order valence-corrected chi connectivity index (χ3v) is 14.4. The molecule has 11 rings (SSSR count). The molecule has 0 radical (unpaired) electrons. The summed E-state index contributed by atoms with van der Waals surface area (Å²) in [5.74, 6) is 0.0196. The van der Waals surface area contributed by atoms with E-state index < -0.39 is 54.0 Å². The van der Waals surface area contributed by atoms with Crippen LogP contribution in [0.1, 0.15) is 37.8 Å². The monoisotopic (exact) mass is 1200 g/mol. The number of hydrogen-bond donors (Lipinski definition) is 4. The van der Waals surface area contributed by atoms with Crippen molar-refractivity contribution >= 4 is 69.6 Å². The fourth-order valence-corrected chi connectivity index (χ4v) is 10.5. The molecule has 0 aromatic carbocycles. The third-order valence-electron chi connectivity index (χ3n) is 13.9. The first-order chi connectivity index (χ1) is 39.5. The van der Waals surface area contributed by atoms with Crippen molar-refractivity contribution in [3.63, 3.8) is 0 Å². The van der Waals surface area contributed by atoms with Crippen LogP contribution in [0, 0.1) is 0 Å². The van der Waals surface area contributed by atoms with Gasteiger partial charge in [-0.25, -0.2) is 39.5 Å². The molecule has 6 aromatic rings. The number of aliphatic hydroxyl groups excluding tert-OH is 2. The number of methoxy groups -OCH3 is 2. The molecule has 4 atom stereocenters. The molecule has 0 spiro atoms. The van der Waals surface area contributed by atoms with E-state index in [1.54, 1.807) is 30.3 Å². The van der Waals surface area contributed by atoms with Gasteiger partial charge in [0.15, 0.2) is 17.4 Å². The predicted molar refractivity (Wildman–Crippen MR) is 290 cm³/mol. The summed E-state index contributed by atoms with van der Waals surface area (Å²) < 4.78 is 114. The Morgan fingerprint density at radius 1 is 0.735 bits per heavy atom. The zero-order chi connectivity index (χ0) is 59.1. The highest BCUT2D eigenvalue weighted by molar-refractivity contribution is 6.34. The minimum absolute atomic E-state index is 0.0112. The van der Waals surface area contributed by atoms with Crippen molar-refractivity contribution in [3.05, 3.63) is 94.5 Å². The SMILES string of the molecule is COc1ncc(C(F)(F)F)cc1-c1nc2c(cc1Cl)N1CC[C@@H](C1)N2C(=O)Nc1ccnc(OC[C@@H](O)CO)c1.COc1ncc(C(F)(F)F)cc1-c1nc2c(cc1Cl)N1CC[C@@H](C1)N2C(=O)Nc1ccnc(OC[C@@H]2COC(C)(C)O2)c1. The largest absolute Gasteiger partial charge is 0.481 e. The van der Waals surface area contributed by atoms with Crippen LogP contribution in [0.5, 0.6) is 23.5 Å². The van der Waals surface area contributed by atoms with E-state index in [0.29, 0.717) is 80.8 Å². The van der Waals surface area contributed by atoms with E-state index in [-0.39, 0.29) is 99.1 Å². The number of hydrogen-bond acceptors (Lipinski definition) is 18. The van der Waals surface area contributed by atoms with Gasteiger partial charge in [-0.05, 0) is 63.1 Å². The van der Waals surface area contributed by atoms with Crippen LogP contribution >= 0.6 is 23.2 Å². The molecule has 5 aliphatic heterocycles. The Balaban J connectivity index is 0.000000186. The van der Waals surface area contributed by atoms with Crippen molar-refractivity contribution in [2.24, 2.45) is 0 Å². The molecule has 440 valence electrons. The van der Waals surface area contributed by atoms with Gasteiger partial charge in [0.2, 0.25) is 23.5 Å². The van der Waals surface area contributed by atoms with E-state index in [1.165, 1.54) is 42.5 Å². The van der Waals surface area contributed by atoms with Gasteiger partial charge in [-0.1, -0.05) is 23.2 Å². The average Bonchev–Trinajstić information content (AvgIpc) is 3.73. The van der Waals surface area contributed by atoms with Crippen LogP contribution < -0.4 is 49.2 Å². The van der Waals surface area contributed by atoms with Gasteiger partial charge in [-0.2, -0.15) is 26.3 Å². The topological polar surface area (TPSA) is 244 Å². The quantitative estimate of drug-likeness (QED) is 0.0788. The normalized spacial score (nSPS) is 18.8. The molecule has 30 heteroatoms. The van der Waals surface area contributed by atoms with Crippen molar-refractivity contribution in [1.82, 2.24) is 29.9 Å². The molecule has 4 N–H and O–H groups in total. The maximum absolute atomic E-state index is 13.7. The molecular formula is C53H52Cl2F6N12O10. The highest BCUT2D eigenvalue weighted by Crippen LogP contribution is 2.48. The number of nitrogens with one attached hydrogen (secondary N) is 2. The van der Waals surface area contributed by atoms with Crippen molar-refractivity contribution in [2.45, 2.75) is 69.1 Å². The number of amides is 4. The molecule has 0 saturated carbocycles. The Morgan fingerprint density at radius 3 is 1.63 bits per heavy atom. The second-order valence-electron chi connectivity index (χ2n) is 19.9. The lowest BCUT2D eigenvalue weighted by Crippen LogP contribution is -2.48. The number of alkyl halides is 6. The third kappa shape index (κ3) is 12.6. The number of anilines is 6. The summed E-state index contributed by atoms with van der Waals surface area (Å²) in [5, 5.41) is 24.3. The number of aromatic nitrogens is 6. The Hall–Kier alpha value is -7.76. The number of pyridine rings is 6. The van der Waals surface area contributed by atoms with Gasteiger partial charge in [-0.15, -0.1) is 0 Å². The zero-order valence-electron chi connectivity index (χ0n) is 44.5. The Labute approximate surface area is 479 Å². The van der Waals surface area contributed by atoms with Crippen LogP contribution in [-0.2, 0) is 21.8 Å². The van der Waals surface area contributed by atoms with Crippen LogP contribution in [-0.4, -0.2) is 149 Å². The number of rotatable bonds is 13. The van der Waals surface area contributed by atoms with Crippen LogP contribution in [0.4, 0.5) is 70.3 Å². The molecule has 5 aliphatic rings. The van der Waals surface area contributed by atoms with Crippen molar-refractivity contribution in [1.29, 1.82) is 0 Å². The van der Waals surface area contributed by atoms with E-state index >= 15 is 0 Å². The maximum atomic E-state index is 13.7. The molecule has 0 unspecified atom stereocenters. The van der Waals surface area contributed by atoms with Gasteiger partial charge >= 0.3 is 24.4 Å². The first-order valence-electron chi connectivity index (χ1n) is 25.6. The maximum Gasteiger partial charge on any atom is 0.417 e. The lowest BCUT2D eigenvalue weighted by atomic mass is 10.1. The van der Waals surface area contributed by atoms with Crippen molar-refractivity contribution < 1.29 is 74.6 Å². The molecule has 4 amide bonds. The number of aliphatic hydroxyl groups is 2. The van der Waals surface area contributed by atoms with Gasteiger partial charge in [-0.3, -0.25) is 9.80 Å². The standard InChI is InChI=1S/C28H28ClF3N6O5.C25H24ClF3N6O5/c1-27(2)42-14-18(43-27)13-41-22-9-16(4-6-33-22)35-26(39)38-17-5-7-37(12-17)21-10-20(29)23(36-24(21)38)19-8-15(28(30,31)32)11-34-25(19)40-3;1-39-23-17(6-13(9-31-23)25(27,28)29)21-18(26)8-19-22(33-21)35(15-3-5-34(19)10-15)24(38)32-14-2-4-30-20(7-14)40-12-16(37)11-36/h4,6,8-11,17-18H,5,7,12-14H2,1-3H3,(H,33,35,39);2,4,6-9,15-16,36-37H,3,5,10-12H2,1H3,(H,30,32,38)/t17-,18+;15-,16-/m00/s1. The molecule has 4 bridgehead atoms. The Kier molecular flexibility index (Phi) is 16.5. The van der Waals surface area contributed by atoms with Crippen molar-refractivity contribution in [3.8, 4) is 46.0 Å². The average molecular weight is 1200 g/mol. The number of carbonyl (C=O) groups is 2. The van der Waals surface area contributed by atoms with Gasteiger partial charge in [0, 0.05) is 74.5 Å². The van der Waals surface area contributed by atoms with Gasteiger partial charge in [0.1, 0.15) is 25.4 Å². The van der Waals surface area contributed by atoms with E-state index in [0.717, 1.165) is 12.1 Å². The summed E-state index contributed by atoms with van der Waals surface area (Å²) in [5.41, 5.74) is -0.176. The van der Waals surface area contributed by atoms with E-state index in [2.05, 4.69) is 40.5 Å². The van der Waals surface area contributed by atoms with Gasteiger partial charge in [0.05, 0.1) is 94.6 Å². The number of fused-ring (bicyclic) bond motifs is 8. The Bertz CT molecular complexity index is 3430. The minimum Gasteiger partial charge on any atom is -0.481 e. The fraction of sp³-hybridized carbons (Fsp3) is 0.396. The van der Waals surface area contributed by atoms with Crippen LogP contribution in [0.2, 0.25) is 10.0 Å². The smallest absolute Gasteiger partial charge is 0.417 e. The fourth-order valence-electron chi connectivity index (χ4n) is 9.99. The second kappa shape index (κ2) is 23.5. The number of ether oxygens (including phenoxy) is 6. The molecule has 83 heavy (non-hydrogen) atoms. The van der Waals surface area contributed by atoms with E-state index in [1.807, 2.05) is 23.6 Å². The van der Waals surface area contributed by atoms with Crippen LogP contribution in [0.25, 0.3) is 22.5 Å². The molecule has 11 heterocycles. The summed E-state index contributed by atoms with van der Waals surface area (Å²) >= 11 is 13.1. The molecular weight excluding hydrogens is 1150 g/mol. The summed E-state index contributed by atoms with van der Waals surface area (Å²) in [6, 6.07) is 9.64. The second-order valence-corrected chi connectivity index (χ2v) is 20.7. The highest BCUT2D eigenvalue weighted by atomic mass is 35.5. The van der Waals surface area contributed by atoms with Crippen molar-refractivity contribution in [2.75, 3.05) is 97.1 Å². The summed E-state index contributed by atoms with van der Waals surface area (Å²) in [6.07, 6.45) is -5.10. The first kappa shape index (κ1) is 58.4. The molecule has 22 nitrogen and oxygen atoms in total. The highest BCUT2D eigenvalue weighted by Gasteiger charge is 2.44. The molecule has 0 aliphatic carbocycles. The summed E-state index contributed by atoms with van der Waals surface area (Å²) in [4.78, 5) is 59.5. The van der Waals surface area contributed by atoms with Gasteiger partial charge in [0.25, 0.3) is 0 Å². The van der Waals surface area contributed by atoms with Gasteiger partial charge < -0.3 is 59.1 Å². The number of urea groups is 2. The summed E-state index contributed by atoms with van der Waals surface area (Å²) in [6.45, 7) is 5.93. The minimum atomic E-state index is -4.66.